The highest BCUT2D eigenvalue weighted by atomic mass is 127. The maximum atomic E-state index is 10.1. The van der Waals surface area contributed by atoms with E-state index in [1.165, 1.54) is 23.1 Å². The van der Waals surface area contributed by atoms with Crippen molar-refractivity contribution in [1.82, 2.24) is 19.9 Å². The van der Waals surface area contributed by atoms with Crippen LogP contribution in [0.5, 0.6) is 5.75 Å². The SMILES string of the molecule is Oc1ccc(I)cc1C=Nc1ccc2nc(Sc3nc(Nc4ccccc4)nc(Nc4ccccc4)n3)sc2c1. The van der Waals surface area contributed by atoms with Gasteiger partial charge >= 0.3 is 0 Å². The minimum absolute atomic E-state index is 0.196. The predicted octanol–water partition coefficient (Wildman–Crippen LogP) is 8.18. The van der Waals surface area contributed by atoms with E-state index in [9.17, 15) is 5.11 Å². The van der Waals surface area contributed by atoms with E-state index in [2.05, 4.69) is 53.2 Å². The van der Waals surface area contributed by atoms with Gasteiger partial charge in [0.1, 0.15) is 5.75 Å². The number of phenols is 1. The number of aliphatic imine (C=N–C) groups is 1. The molecule has 3 N–H and O–H groups in total. The van der Waals surface area contributed by atoms with E-state index in [1.54, 1.807) is 12.3 Å². The number of rotatable bonds is 8. The Kier molecular flexibility index (Phi) is 7.84. The summed E-state index contributed by atoms with van der Waals surface area (Å²) in [5.74, 6) is 1.05. The zero-order valence-corrected chi connectivity index (χ0v) is 24.5. The average Bonchev–Trinajstić information content (AvgIpc) is 3.36. The fourth-order valence-corrected chi connectivity index (χ4v) is 6.15. The number of fused-ring (bicyclic) bond motifs is 1. The Balaban J connectivity index is 1.26. The van der Waals surface area contributed by atoms with Crippen molar-refractivity contribution in [2.75, 3.05) is 10.6 Å². The van der Waals surface area contributed by atoms with Gasteiger partial charge in [0.25, 0.3) is 0 Å². The van der Waals surface area contributed by atoms with E-state index in [4.69, 9.17) is 4.98 Å². The molecule has 0 aliphatic heterocycles. The van der Waals surface area contributed by atoms with Crippen LogP contribution in [0, 0.1) is 3.57 Å². The van der Waals surface area contributed by atoms with Crippen molar-refractivity contribution in [3.63, 3.8) is 0 Å². The molecule has 6 aromatic rings. The first kappa shape index (κ1) is 26.2. The minimum atomic E-state index is 0.196. The zero-order valence-electron chi connectivity index (χ0n) is 20.7. The third-order valence-corrected chi connectivity index (χ3v) is 8.16. The second-order valence-electron chi connectivity index (χ2n) is 8.44. The van der Waals surface area contributed by atoms with Crippen molar-refractivity contribution in [2.24, 2.45) is 4.99 Å². The standard InChI is InChI=1S/C29H20IN7OS2/c30-19-11-14-24(38)18(15-19)17-31-22-12-13-23-25(16-22)39-29(34-23)40-28-36-26(32-20-7-3-1-4-8-20)35-27(37-28)33-21-9-5-2-6-10-21/h1-17,38H,(H2,32,33,35,36,37). The second-order valence-corrected chi connectivity index (χ2v) is 11.9. The Bertz CT molecular complexity index is 1750. The summed E-state index contributed by atoms with van der Waals surface area (Å²) in [7, 11) is 0. The molecule has 0 saturated heterocycles. The van der Waals surface area contributed by atoms with E-state index >= 15 is 0 Å². The van der Waals surface area contributed by atoms with Crippen LogP contribution in [0.3, 0.4) is 0 Å². The highest BCUT2D eigenvalue weighted by molar-refractivity contribution is 14.1. The maximum Gasteiger partial charge on any atom is 0.233 e. The smallest absolute Gasteiger partial charge is 0.233 e. The molecule has 11 heteroatoms. The highest BCUT2D eigenvalue weighted by Crippen LogP contribution is 2.35. The van der Waals surface area contributed by atoms with E-state index < -0.39 is 0 Å². The fourth-order valence-electron chi connectivity index (χ4n) is 3.68. The molecule has 2 aromatic heterocycles. The quantitative estimate of drug-likeness (QED) is 0.110. The van der Waals surface area contributed by atoms with Crippen molar-refractivity contribution >= 4 is 91.1 Å². The number of halogens is 1. The zero-order chi connectivity index (χ0) is 27.3. The van der Waals surface area contributed by atoms with Gasteiger partial charge in [-0.15, -0.1) is 11.3 Å². The Morgan fingerprint density at radius 1 is 0.775 bits per heavy atom. The Hall–Kier alpha value is -4.07. The van der Waals surface area contributed by atoms with Crippen LogP contribution < -0.4 is 10.6 Å². The number of anilines is 4. The van der Waals surface area contributed by atoms with Crippen molar-refractivity contribution in [3.05, 3.63) is 106 Å². The van der Waals surface area contributed by atoms with E-state index in [-0.39, 0.29) is 5.75 Å². The van der Waals surface area contributed by atoms with Crippen LogP contribution in [0.1, 0.15) is 5.56 Å². The topological polar surface area (TPSA) is 108 Å². The van der Waals surface area contributed by atoms with Gasteiger partial charge in [-0.05, 0) is 95.0 Å². The summed E-state index contributed by atoms with van der Waals surface area (Å²) in [4.78, 5) is 23.2. The molecule has 0 spiro atoms. The first-order chi connectivity index (χ1) is 19.6. The molecule has 0 fully saturated rings. The van der Waals surface area contributed by atoms with Gasteiger partial charge in [-0.3, -0.25) is 4.99 Å². The molecular weight excluding hydrogens is 653 g/mol. The van der Waals surface area contributed by atoms with Crippen LogP contribution in [0.25, 0.3) is 10.2 Å². The van der Waals surface area contributed by atoms with Gasteiger partial charge in [-0.2, -0.15) is 15.0 Å². The molecular formula is C29H20IN7OS2. The summed E-state index contributed by atoms with van der Waals surface area (Å²) in [5, 5.41) is 17.1. The molecule has 6 rings (SSSR count). The summed E-state index contributed by atoms with van der Waals surface area (Å²) in [6.07, 6.45) is 1.67. The van der Waals surface area contributed by atoms with Crippen molar-refractivity contribution in [1.29, 1.82) is 0 Å². The summed E-state index contributed by atoms with van der Waals surface area (Å²) >= 11 is 5.13. The van der Waals surface area contributed by atoms with Crippen LogP contribution in [-0.2, 0) is 0 Å². The molecule has 8 nitrogen and oxygen atoms in total. The molecule has 0 saturated carbocycles. The van der Waals surface area contributed by atoms with Gasteiger partial charge < -0.3 is 15.7 Å². The van der Waals surface area contributed by atoms with Gasteiger partial charge in [-0.25, -0.2) is 4.98 Å². The number of hydrogen-bond donors (Lipinski definition) is 3. The normalized spacial score (nSPS) is 11.2. The molecule has 0 aliphatic rings. The lowest BCUT2D eigenvalue weighted by atomic mass is 10.2. The van der Waals surface area contributed by atoms with Crippen LogP contribution in [-0.4, -0.2) is 31.3 Å². The molecule has 0 bridgehead atoms. The molecule has 0 radical (unpaired) electrons. The Morgan fingerprint density at radius 2 is 1.45 bits per heavy atom. The van der Waals surface area contributed by atoms with Crippen molar-refractivity contribution in [2.45, 2.75) is 9.50 Å². The van der Waals surface area contributed by atoms with Gasteiger partial charge in [-0.1, -0.05) is 36.4 Å². The Labute approximate surface area is 251 Å². The summed E-state index contributed by atoms with van der Waals surface area (Å²) in [6.45, 7) is 0. The summed E-state index contributed by atoms with van der Waals surface area (Å²) in [6, 6.07) is 30.8. The molecule has 0 amide bonds. The van der Waals surface area contributed by atoms with Crippen molar-refractivity contribution in [3.8, 4) is 5.75 Å². The largest absolute Gasteiger partial charge is 0.507 e. The van der Waals surface area contributed by atoms with E-state index in [0.29, 0.717) is 22.6 Å². The fraction of sp³-hybridized carbons (Fsp3) is 0. The number of para-hydroxylation sites is 2. The second kappa shape index (κ2) is 12.0. The number of phenolic OH excluding ortho intramolecular Hbond substituents is 1. The molecule has 196 valence electrons. The molecule has 40 heavy (non-hydrogen) atoms. The number of aromatic hydroxyl groups is 1. The molecule has 0 aliphatic carbocycles. The number of nitrogens with zero attached hydrogens (tertiary/aromatic N) is 5. The molecule has 4 aromatic carbocycles. The summed E-state index contributed by atoms with van der Waals surface area (Å²) < 4.78 is 2.82. The van der Waals surface area contributed by atoms with Crippen LogP contribution in [0.2, 0.25) is 0 Å². The van der Waals surface area contributed by atoms with Crippen LogP contribution >= 0.6 is 45.7 Å². The lowest BCUT2D eigenvalue weighted by molar-refractivity contribution is 0.474. The molecule has 0 atom stereocenters. The minimum Gasteiger partial charge on any atom is -0.507 e. The Morgan fingerprint density at radius 3 is 2.12 bits per heavy atom. The van der Waals surface area contributed by atoms with E-state index in [0.717, 1.165) is 35.2 Å². The third kappa shape index (κ3) is 6.55. The number of hydrogen-bond acceptors (Lipinski definition) is 10. The predicted molar refractivity (Wildman–Crippen MR) is 171 cm³/mol. The van der Waals surface area contributed by atoms with Gasteiger partial charge in [0.15, 0.2) is 4.34 Å². The number of thiazole rings is 1. The average molecular weight is 674 g/mol. The van der Waals surface area contributed by atoms with Gasteiger partial charge in [0.2, 0.25) is 17.1 Å². The number of benzene rings is 4. The first-order valence-corrected chi connectivity index (χ1v) is 14.8. The molecule has 0 unspecified atom stereocenters. The molecule has 2 heterocycles. The monoisotopic (exact) mass is 673 g/mol. The lowest BCUT2D eigenvalue weighted by Gasteiger charge is -2.09. The van der Waals surface area contributed by atoms with Crippen molar-refractivity contribution < 1.29 is 5.11 Å². The third-order valence-electron chi connectivity index (χ3n) is 5.55. The van der Waals surface area contributed by atoms with E-state index in [1.807, 2.05) is 91.0 Å². The first-order valence-electron chi connectivity index (χ1n) is 12.1. The van der Waals surface area contributed by atoms with Gasteiger partial charge in [0, 0.05) is 26.7 Å². The van der Waals surface area contributed by atoms with Crippen LogP contribution in [0.4, 0.5) is 29.0 Å². The van der Waals surface area contributed by atoms with Crippen LogP contribution in [0.15, 0.2) is 112 Å². The highest BCUT2D eigenvalue weighted by Gasteiger charge is 2.13. The van der Waals surface area contributed by atoms with Gasteiger partial charge in [0.05, 0.1) is 15.9 Å². The summed E-state index contributed by atoms with van der Waals surface area (Å²) in [5.41, 5.74) is 4.06. The number of nitrogens with one attached hydrogen (secondary N) is 2. The number of aromatic nitrogens is 4. The maximum absolute atomic E-state index is 10.1. The lowest BCUT2D eigenvalue weighted by Crippen LogP contribution is -2.05.